The van der Waals surface area contributed by atoms with Crippen LogP contribution in [0.2, 0.25) is 0 Å². The van der Waals surface area contributed by atoms with Crippen molar-refractivity contribution in [1.29, 1.82) is 0 Å². The minimum absolute atomic E-state index is 0.0235. The third-order valence-corrected chi connectivity index (χ3v) is 1.99. The van der Waals surface area contributed by atoms with E-state index in [0.29, 0.717) is 17.9 Å². The third kappa shape index (κ3) is 3.24. The zero-order valence-corrected chi connectivity index (χ0v) is 9.46. The molecule has 15 heavy (non-hydrogen) atoms. The maximum absolute atomic E-state index is 11.4. The molecule has 1 rings (SSSR count). The van der Waals surface area contributed by atoms with E-state index in [0.717, 1.165) is 11.1 Å². The summed E-state index contributed by atoms with van der Waals surface area (Å²) in [5.41, 5.74) is 2.63. The van der Waals surface area contributed by atoms with Crippen molar-refractivity contribution in [3.63, 3.8) is 0 Å². The number of carbonyl (C=O) groups is 1. The normalized spacial score (nSPS) is 9.80. The monoisotopic (exact) mass is 204 g/mol. The van der Waals surface area contributed by atoms with E-state index >= 15 is 0 Å². The SMILES string of the molecule is C=C(C)COc1ccc(C)cc1C(C)=O. The number of Topliss-reactive ketones (excluding diaryl/α,β-unsaturated/α-hetero) is 1. The molecule has 2 nitrogen and oxygen atoms in total. The van der Waals surface area contributed by atoms with Crippen LogP contribution in [-0.2, 0) is 0 Å². The van der Waals surface area contributed by atoms with Gasteiger partial charge in [0.15, 0.2) is 5.78 Å². The Balaban J connectivity index is 2.95. The van der Waals surface area contributed by atoms with Crippen LogP contribution in [0.25, 0.3) is 0 Å². The van der Waals surface area contributed by atoms with Crippen LogP contribution in [0, 0.1) is 6.92 Å². The second-order valence-corrected chi connectivity index (χ2v) is 3.80. The molecule has 0 fully saturated rings. The molecule has 0 aliphatic heterocycles. The first-order valence-electron chi connectivity index (χ1n) is 4.89. The van der Waals surface area contributed by atoms with Crippen LogP contribution in [0.15, 0.2) is 30.4 Å². The molecule has 0 spiro atoms. The van der Waals surface area contributed by atoms with Gasteiger partial charge in [-0.1, -0.05) is 18.2 Å². The summed E-state index contributed by atoms with van der Waals surface area (Å²) in [7, 11) is 0. The topological polar surface area (TPSA) is 26.3 Å². The molecule has 2 heteroatoms. The summed E-state index contributed by atoms with van der Waals surface area (Å²) < 4.78 is 5.49. The van der Waals surface area contributed by atoms with Gasteiger partial charge in [-0.3, -0.25) is 4.79 Å². The van der Waals surface area contributed by atoms with Crippen LogP contribution < -0.4 is 4.74 Å². The van der Waals surface area contributed by atoms with E-state index in [1.54, 1.807) is 6.92 Å². The van der Waals surface area contributed by atoms with Crippen molar-refractivity contribution < 1.29 is 9.53 Å². The van der Waals surface area contributed by atoms with Crippen LogP contribution in [0.1, 0.15) is 29.8 Å². The van der Waals surface area contributed by atoms with Gasteiger partial charge in [0.25, 0.3) is 0 Å². The number of hydrogen-bond donors (Lipinski definition) is 0. The standard InChI is InChI=1S/C13H16O2/c1-9(2)8-15-13-6-5-10(3)7-12(13)11(4)14/h5-7H,1,8H2,2-4H3. The van der Waals surface area contributed by atoms with Gasteiger partial charge in [0.1, 0.15) is 12.4 Å². The van der Waals surface area contributed by atoms with E-state index in [-0.39, 0.29) is 5.78 Å². The van der Waals surface area contributed by atoms with Crippen LogP contribution in [0.5, 0.6) is 5.75 Å². The quantitative estimate of drug-likeness (QED) is 0.556. The van der Waals surface area contributed by atoms with E-state index in [4.69, 9.17) is 4.74 Å². The summed E-state index contributed by atoms with van der Waals surface area (Å²) in [5.74, 6) is 0.659. The molecule has 0 atom stereocenters. The molecule has 0 bridgehead atoms. The summed E-state index contributed by atoms with van der Waals surface area (Å²) in [6.45, 7) is 9.59. The van der Waals surface area contributed by atoms with Crippen LogP contribution in [-0.4, -0.2) is 12.4 Å². The number of aryl methyl sites for hydroxylation is 1. The lowest BCUT2D eigenvalue weighted by Gasteiger charge is -2.10. The van der Waals surface area contributed by atoms with Gasteiger partial charge in [-0.25, -0.2) is 0 Å². The lowest BCUT2D eigenvalue weighted by Crippen LogP contribution is -2.03. The average molecular weight is 204 g/mol. The van der Waals surface area contributed by atoms with Gasteiger partial charge in [0, 0.05) is 0 Å². The fourth-order valence-electron chi connectivity index (χ4n) is 1.25. The fourth-order valence-corrected chi connectivity index (χ4v) is 1.25. The highest BCUT2D eigenvalue weighted by Gasteiger charge is 2.08. The Morgan fingerprint density at radius 3 is 2.60 bits per heavy atom. The molecular weight excluding hydrogens is 188 g/mol. The molecule has 0 heterocycles. The van der Waals surface area contributed by atoms with Crippen molar-refractivity contribution >= 4 is 5.78 Å². The maximum atomic E-state index is 11.4. The predicted molar refractivity (Wildman–Crippen MR) is 61.5 cm³/mol. The summed E-state index contributed by atoms with van der Waals surface area (Å²) in [6, 6.07) is 5.60. The lowest BCUT2D eigenvalue weighted by atomic mass is 10.1. The maximum Gasteiger partial charge on any atom is 0.163 e. The van der Waals surface area contributed by atoms with Gasteiger partial charge in [0.05, 0.1) is 5.56 Å². The van der Waals surface area contributed by atoms with Crippen LogP contribution in [0.4, 0.5) is 0 Å². The smallest absolute Gasteiger partial charge is 0.163 e. The van der Waals surface area contributed by atoms with Gasteiger partial charge >= 0.3 is 0 Å². The second kappa shape index (κ2) is 4.78. The molecule has 0 radical (unpaired) electrons. The van der Waals surface area contributed by atoms with Gasteiger partial charge in [-0.15, -0.1) is 0 Å². The number of hydrogen-bond acceptors (Lipinski definition) is 2. The van der Waals surface area contributed by atoms with E-state index in [9.17, 15) is 4.79 Å². The zero-order chi connectivity index (χ0) is 11.4. The molecule has 80 valence electrons. The average Bonchev–Trinajstić information content (AvgIpc) is 2.15. The van der Waals surface area contributed by atoms with Gasteiger partial charge in [-0.05, 0) is 38.5 Å². The Kier molecular flexibility index (Phi) is 3.67. The Morgan fingerprint density at radius 2 is 2.07 bits per heavy atom. The largest absolute Gasteiger partial charge is 0.489 e. The number of rotatable bonds is 4. The van der Waals surface area contributed by atoms with Crippen molar-refractivity contribution in [2.75, 3.05) is 6.61 Å². The van der Waals surface area contributed by atoms with E-state index in [1.807, 2.05) is 32.0 Å². The molecule has 0 N–H and O–H groups in total. The molecule has 1 aromatic rings. The Labute approximate surface area is 90.6 Å². The molecule has 0 aliphatic rings. The Bertz CT molecular complexity index is 392. The van der Waals surface area contributed by atoms with Crippen LogP contribution in [0.3, 0.4) is 0 Å². The number of benzene rings is 1. The molecule has 1 aromatic carbocycles. The highest BCUT2D eigenvalue weighted by atomic mass is 16.5. The summed E-state index contributed by atoms with van der Waals surface area (Å²) in [5, 5.41) is 0. The van der Waals surface area contributed by atoms with Gasteiger partial charge in [-0.2, -0.15) is 0 Å². The first-order chi connectivity index (χ1) is 7.00. The zero-order valence-electron chi connectivity index (χ0n) is 9.46. The van der Waals surface area contributed by atoms with Gasteiger partial charge < -0.3 is 4.74 Å². The summed E-state index contributed by atoms with van der Waals surface area (Å²) in [6.07, 6.45) is 0. The molecule has 0 unspecified atom stereocenters. The van der Waals surface area contributed by atoms with E-state index in [1.165, 1.54) is 0 Å². The Hall–Kier alpha value is -1.57. The highest BCUT2D eigenvalue weighted by molar-refractivity contribution is 5.97. The number of ketones is 1. The predicted octanol–water partition coefficient (Wildman–Crippen LogP) is 3.15. The number of ether oxygens (including phenoxy) is 1. The Morgan fingerprint density at radius 1 is 1.40 bits per heavy atom. The fraction of sp³-hybridized carbons (Fsp3) is 0.308. The number of carbonyl (C=O) groups excluding carboxylic acids is 1. The van der Waals surface area contributed by atoms with Crippen molar-refractivity contribution in [1.82, 2.24) is 0 Å². The first kappa shape index (κ1) is 11.5. The van der Waals surface area contributed by atoms with Crippen molar-refractivity contribution in [2.45, 2.75) is 20.8 Å². The summed E-state index contributed by atoms with van der Waals surface area (Å²) >= 11 is 0. The minimum atomic E-state index is 0.0235. The van der Waals surface area contributed by atoms with E-state index in [2.05, 4.69) is 6.58 Å². The van der Waals surface area contributed by atoms with Crippen molar-refractivity contribution in [3.05, 3.63) is 41.5 Å². The molecule has 0 aromatic heterocycles. The van der Waals surface area contributed by atoms with Gasteiger partial charge in [0.2, 0.25) is 0 Å². The van der Waals surface area contributed by atoms with E-state index < -0.39 is 0 Å². The minimum Gasteiger partial charge on any atom is -0.489 e. The molecule has 0 saturated heterocycles. The third-order valence-electron chi connectivity index (χ3n) is 1.99. The van der Waals surface area contributed by atoms with Crippen LogP contribution >= 0.6 is 0 Å². The highest BCUT2D eigenvalue weighted by Crippen LogP contribution is 2.20. The summed E-state index contributed by atoms with van der Waals surface area (Å²) in [4.78, 5) is 11.4. The molecule has 0 amide bonds. The first-order valence-corrected chi connectivity index (χ1v) is 4.89. The molecule has 0 saturated carbocycles. The van der Waals surface area contributed by atoms with Crippen molar-refractivity contribution in [2.24, 2.45) is 0 Å². The second-order valence-electron chi connectivity index (χ2n) is 3.80. The lowest BCUT2D eigenvalue weighted by molar-refractivity contribution is 0.101. The van der Waals surface area contributed by atoms with Crippen molar-refractivity contribution in [3.8, 4) is 5.75 Å². The molecular formula is C13H16O2. The molecule has 0 aliphatic carbocycles.